The van der Waals surface area contributed by atoms with E-state index >= 15 is 0 Å². The third kappa shape index (κ3) is 1.80. The molecule has 1 heterocycles. The van der Waals surface area contributed by atoms with Gasteiger partial charge in [-0.25, -0.2) is 9.78 Å². The van der Waals surface area contributed by atoms with Crippen LogP contribution in [0.15, 0.2) is 5.38 Å². The first-order valence-electron chi connectivity index (χ1n) is 3.52. The van der Waals surface area contributed by atoms with E-state index in [0.29, 0.717) is 11.4 Å². The van der Waals surface area contributed by atoms with Gasteiger partial charge >= 0.3 is 5.97 Å². The van der Waals surface area contributed by atoms with Crippen LogP contribution in [0.4, 0.5) is 0 Å². The van der Waals surface area contributed by atoms with Crippen molar-refractivity contribution in [2.75, 3.05) is 0 Å². The number of hydrogen-bond acceptors (Lipinski definition) is 4. The Kier molecular flexibility index (Phi) is 2.78. The van der Waals surface area contributed by atoms with Crippen molar-refractivity contribution in [1.29, 1.82) is 0 Å². The lowest BCUT2D eigenvalue weighted by Crippen LogP contribution is -1.99. The minimum absolute atomic E-state index is 0.00231. The predicted octanol–water partition coefficient (Wildman–Crippen LogP) is 1.28. The van der Waals surface area contributed by atoms with Crippen LogP contribution < -0.4 is 0 Å². The van der Waals surface area contributed by atoms with Crippen molar-refractivity contribution in [2.24, 2.45) is 0 Å². The van der Waals surface area contributed by atoms with Crippen LogP contribution in [0.3, 0.4) is 0 Å². The lowest BCUT2D eigenvalue weighted by molar-refractivity contribution is 0.0690. The van der Waals surface area contributed by atoms with E-state index in [1.807, 2.05) is 6.92 Å². The van der Waals surface area contributed by atoms with Gasteiger partial charge in [0.1, 0.15) is 11.1 Å². The monoisotopic (exact) mass is 187 g/mol. The Morgan fingerprint density at radius 1 is 1.83 bits per heavy atom. The van der Waals surface area contributed by atoms with Crippen LogP contribution in [-0.4, -0.2) is 21.2 Å². The summed E-state index contributed by atoms with van der Waals surface area (Å²) in [5.41, 5.74) is 0.00231. The van der Waals surface area contributed by atoms with Gasteiger partial charge in [0.25, 0.3) is 0 Å². The van der Waals surface area contributed by atoms with Gasteiger partial charge in [-0.1, -0.05) is 6.92 Å². The fourth-order valence-corrected chi connectivity index (χ4v) is 1.57. The largest absolute Gasteiger partial charge is 0.476 e. The van der Waals surface area contributed by atoms with Crippen molar-refractivity contribution < 1.29 is 15.0 Å². The highest BCUT2D eigenvalue weighted by molar-refractivity contribution is 7.09. The molecule has 0 radical (unpaired) electrons. The van der Waals surface area contributed by atoms with Crippen LogP contribution in [0.2, 0.25) is 0 Å². The standard InChI is InChI=1S/C7H9NO3S/c1-2-5(9)6-8-4(3-12-6)7(10)11/h3,5,9H,2H2,1H3,(H,10,11). The van der Waals surface area contributed by atoms with Crippen LogP contribution in [0.5, 0.6) is 0 Å². The molecule has 2 N–H and O–H groups in total. The molecule has 0 aliphatic carbocycles. The van der Waals surface area contributed by atoms with Crippen LogP contribution >= 0.6 is 11.3 Å². The summed E-state index contributed by atoms with van der Waals surface area (Å²) in [6.45, 7) is 1.81. The number of aliphatic hydroxyl groups is 1. The second kappa shape index (κ2) is 3.64. The van der Waals surface area contributed by atoms with Gasteiger partial charge in [-0.2, -0.15) is 0 Å². The Labute approximate surface area is 73.5 Å². The summed E-state index contributed by atoms with van der Waals surface area (Å²) >= 11 is 1.17. The van der Waals surface area contributed by atoms with Gasteiger partial charge < -0.3 is 10.2 Å². The van der Waals surface area contributed by atoms with Gasteiger partial charge in [0.05, 0.1) is 0 Å². The number of thiazole rings is 1. The average Bonchev–Trinajstić information content (AvgIpc) is 2.51. The molecule has 0 bridgehead atoms. The molecule has 0 saturated heterocycles. The van der Waals surface area contributed by atoms with E-state index in [-0.39, 0.29) is 5.69 Å². The maximum absolute atomic E-state index is 10.4. The number of carboxylic acids is 1. The molecule has 1 aromatic rings. The summed E-state index contributed by atoms with van der Waals surface area (Å²) in [6.07, 6.45) is -0.0878. The third-order valence-electron chi connectivity index (χ3n) is 1.41. The zero-order valence-electron chi connectivity index (χ0n) is 6.52. The van der Waals surface area contributed by atoms with Gasteiger partial charge in [-0.15, -0.1) is 11.3 Å². The highest BCUT2D eigenvalue weighted by Gasteiger charge is 2.13. The van der Waals surface area contributed by atoms with Gasteiger partial charge in [0.2, 0.25) is 0 Å². The molecule has 12 heavy (non-hydrogen) atoms. The molecule has 1 atom stereocenters. The molecule has 1 aromatic heterocycles. The fraction of sp³-hybridized carbons (Fsp3) is 0.429. The van der Waals surface area contributed by atoms with E-state index in [1.165, 1.54) is 16.7 Å². The van der Waals surface area contributed by atoms with Gasteiger partial charge in [0.15, 0.2) is 5.69 Å². The van der Waals surface area contributed by atoms with E-state index in [2.05, 4.69) is 4.98 Å². The molecule has 1 rings (SSSR count). The first-order valence-corrected chi connectivity index (χ1v) is 4.40. The Morgan fingerprint density at radius 2 is 2.50 bits per heavy atom. The number of aromatic nitrogens is 1. The van der Waals surface area contributed by atoms with Crippen LogP contribution in [0, 0.1) is 0 Å². The van der Waals surface area contributed by atoms with Crippen LogP contribution in [0.1, 0.15) is 34.9 Å². The minimum Gasteiger partial charge on any atom is -0.476 e. The number of aliphatic hydroxyl groups excluding tert-OH is 1. The topological polar surface area (TPSA) is 70.4 Å². The van der Waals surface area contributed by atoms with Crippen molar-refractivity contribution >= 4 is 17.3 Å². The normalized spacial score (nSPS) is 12.8. The Balaban J connectivity index is 2.84. The summed E-state index contributed by atoms with van der Waals surface area (Å²) in [7, 11) is 0. The molecule has 0 aromatic carbocycles. The number of carboxylic acid groups (broad SMARTS) is 1. The second-order valence-corrected chi connectivity index (χ2v) is 3.19. The summed E-state index contributed by atoms with van der Waals surface area (Å²) < 4.78 is 0. The molecule has 0 amide bonds. The van der Waals surface area contributed by atoms with E-state index < -0.39 is 12.1 Å². The Hall–Kier alpha value is -0.940. The van der Waals surface area contributed by atoms with Gasteiger partial charge in [-0.3, -0.25) is 0 Å². The number of carbonyl (C=O) groups is 1. The zero-order valence-corrected chi connectivity index (χ0v) is 7.34. The molecule has 5 heteroatoms. The molecule has 1 unspecified atom stereocenters. The highest BCUT2D eigenvalue weighted by atomic mass is 32.1. The average molecular weight is 187 g/mol. The minimum atomic E-state index is -1.05. The number of nitrogens with zero attached hydrogens (tertiary/aromatic N) is 1. The molecular formula is C7H9NO3S. The Morgan fingerprint density at radius 3 is 2.92 bits per heavy atom. The van der Waals surface area contributed by atoms with E-state index in [1.54, 1.807) is 0 Å². The van der Waals surface area contributed by atoms with Crippen molar-refractivity contribution in [1.82, 2.24) is 4.98 Å². The fourth-order valence-electron chi connectivity index (χ4n) is 0.714. The smallest absolute Gasteiger partial charge is 0.355 e. The van der Waals surface area contributed by atoms with Crippen molar-refractivity contribution in [3.05, 3.63) is 16.1 Å². The first kappa shape index (κ1) is 9.15. The first-order chi connectivity index (χ1) is 5.65. The molecule has 0 aliphatic rings. The van der Waals surface area contributed by atoms with E-state index in [0.717, 1.165) is 0 Å². The van der Waals surface area contributed by atoms with Gasteiger partial charge in [0, 0.05) is 5.38 Å². The van der Waals surface area contributed by atoms with Crippen molar-refractivity contribution in [2.45, 2.75) is 19.4 Å². The molecular weight excluding hydrogens is 178 g/mol. The number of aromatic carboxylic acids is 1. The zero-order chi connectivity index (χ0) is 9.14. The Bertz CT molecular complexity index is 284. The number of hydrogen-bond donors (Lipinski definition) is 2. The molecule has 66 valence electrons. The highest BCUT2D eigenvalue weighted by Crippen LogP contribution is 2.20. The van der Waals surface area contributed by atoms with Crippen molar-refractivity contribution in [3.63, 3.8) is 0 Å². The maximum Gasteiger partial charge on any atom is 0.355 e. The summed E-state index contributed by atoms with van der Waals surface area (Å²) in [4.78, 5) is 14.1. The maximum atomic E-state index is 10.4. The second-order valence-electron chi connectivity index (χ2n) is 2.30. The van der Waals surface area contributed by atoms with E-state index in [4.69, 9.17) is 5.11 Å². The molecule has 4 nitrogen and oxygen atoms in total. The molecule has 0 fully saturated rings. The predicted molar refractivity (Wildman–Crippen MR) is 44.3 cm³/mol. The number of rotatable bonds is 3. The van der Waals surface area contributed by atoms with Crippen LogP contribution in [0.25, 0.3) is 0 Å². The molecule has 0 aliphatic heterocycles. The lowest BCUT2D eigenvalue weighted by atomic mass is 10.3. The van der Waals surface area contributed by atoms with Gasteiger partial charge in [-0.05, 0) is 6.42 Å². The third-order valence-corrected chi connectivity index (χ3v) is 2.36. The lowest BCUT2D eigenvalue weighted by Gasteiger charge is -2.00. The SMILES string of the molecule is CCC(O)c1nc(C(=O)O)cs1. The summed E-state index contributed by atoms with van der Waals surface area (Å²) in [6, 6.07) is 0. The van der Waals surface area contributed by atoms with E-state index in [9.17, 15) is 9.90 Å². The quantitative estimate of drug-likeness (QED) is 0.747. The summed E-state index contributed by atoms with van der Waals surface area (Å²) in [5, 5.41) is 19.7. The van der Waals surface area contributed by atoms with Crippen molar-refractivity contribution in [3.8, 4) is 0 Å². The van der Waals surface area contributed by atoms with Crippen LogP contribution in [-0.2, 0) is 0 Å². The molecule has 0 spiro atoms. The molecule has 0 saturated carbocycles. The summed E-state index contributed by atoms with van der Waals surface area (Å²) in [5.74, 6) is -1.05.